The smallest absolute Gasteiger partial charge is 0.211 e. The van der Waals surface area contributed by atoms with Gasteiger partial charge in [0.2, 0.25) is 10.0 Å². The van der Waals surface area contributed by atoms with Crippen LogP contribution in [-0.4, -0.2) is 43.1 Å². The highest BCUT2D eigenvalue weighted by Gasteiger charge is 2.31. The summed E-state index contributed by atoms with van der Waals surface area (Å²) in [4.78, 5) is 4.70. The van der Waals surface area contributed by atoms with Crippen molar-refractivity contribution in [3.8, 4) is 0 Å². The average Bonchev–Trinajstić information content (AvgIpc) is 2.58. The first-order chi connectivity index (χ1) is 11.5. The Labute approximate surface area is 144 Å². The highest BCUT2D eigenvalue weighted by molar-refractivity contribution is 7.88. The van der Waals surface area contributed by atoms with E-state index in [1.165, 1.54) is 6.26 Å². The fourth-order valence-corrected chi connectivity index (χ4v) is 4.32. The number of pyridine rings is 1. The van der Waals surface area contributed by atoms with Gasteiger partial charge in [0.15, 0.2) is 0 Å². The third kappa shape index (κ3) is 3.94. The molecule has 0 amide bonds. The van der Waals surface area contributed by atoms with E-state index in [1.807, 2.05) is 18.2 Å². The molecule has 1 fully saturated rings. The molecule has 1 aliphatic heterocycles. The zero-order valence-corrected chi connectivity index (χ0v) is 15.1. The van der Waals surface area contributed by atoms with Gasteiger partial charge in [0.1, 0.15) is 0 Å². The molecule has 0 aliphatic carbocycles. The minimum Gasteiger partial charge on any atom is -0.308 e. The summed E-state index contributed by atoms with van der Waals surface area (Å²) in [5, 5.41) is 4.74. The number of nitrogens with zero attached hydrogens (tertiary/aromatic N) is 2. The fraction of sp³-hybridized carbons (Fsp3) is 0.500. The largest absolute Gasteiger partial charge is 0.308 e. The minimum atomic E-state index is -3.09. The predicted octanol–water partition coefficient (Wildman–Crippen LogP) is 2.38. The van der Waals surface area contributed by atoms with Crippen LogP contribution in [0.1, 0.15) is 25.5 Å². The molecule has 24 heavy (non-hydrogen) atoms. The first-order valence-corrected chi connectivity index (χ1v) is 10.4. The van der Waals surface area contributed by atoms with Crippen LogP contribution in [0.5, 0.6) is 0 Å². The van der Waals surface area contributed by atoms with E-state index in [9.17, 15) is 8.42 Å². The molecule has 1 saturated heterocycles. The second-order valence-corrected chi connectivity index (χ2v) is 8.54. The Morgan fingerprint density at radius 2 is 2.04 bits per heavy atom. The van der Waals surface area contributed by atoms with Crippen molar-refractivity contribution in [2.75, 3.05) is 19.3 Å². The summed E-state index contributed by atoms with van der Waals surface area (Å²) < 4.78 is 25.1. The number of benzene rings is 1. The number of nitrogens with one attached hydrogen (secondary N) is 1. The van der Waals surface area contributed by atoms with Crippen LogP contribution in [0.2, 0.25) is 0 Å². The number of rotatable bonds is 5. The van der Waals surface area contributed by atoms with Crippen molar-refractivity contribution in [3.05, 3.63) is 42.1 Å². The van der Waals surface area contributed by atoms with Crippen molar-refractivity contribution < 1.29 is 8.42 Å². The molecular formula is C18H25N3O2S. The van der Waals surface area contributed by atoms with Crippen LogP contribution in [0.15, 0.2) is 36.4 Å². The van der Waals surface area contributed by atoms with Crippen LogP contribution < -0.4 is 5.32 Å². The van der Waals surface area contributed by atoms with E-state index in [-0.39, 0.29) is 0 Å². The lowest BCUT2D eigenvalue weighted by Gasteiger charge is -2.37. The van der Waals surface area contributed by atoms with E-state index >= 15 is 0 Å². The molecule has 1 aliphatic rings. The molecule has 2 aromatic rings. The van der Waals surface area contributed by atoms with Crippen molar-refractivity contribution in [1.82, 2.24) is 14.6 Å². The van der Waals surface area contributed by atoms with Gasteiger partial charge in [-0.2, -0.15) is 0 Å². The first-order valence-electron chi connectivity index (χ1n) is 8.50. The maximum atomic E-state index is 11.8. The molecule has 0 unspecified atom stereocenters. The van der Waals surface area contributed by atoms with Crippen LogP contribution in [0.25, 0.3) is 10.9 Å². The number of para-hydroxylation sites is 1. The monoisotopic (exact) mass is 347 g/mol. The van der Waals surface area contributed by atoms with Gasteiger partial charge in [0.05, 0.1) is 17.5 Å². The second kappa shape index (κ2) is 7.17. The summed E-state index contributed by atoms with van der Waals surface area (Å²) in [6, 6.07) is 12.6. The summed E-state index contributed by atoms with van der Waals surface area (Å²) in [5.41, 5.74) is 2.03. The Balaban J connectivity index is 1.64. The molecular weight excluding hydrogens is 322 g/mol. The Bertz CT molecular complexity index is 807. The van der Waals surface area contributed by atoms with E-state index in [0.717, 1.165) is 29.4 Å². The molecule has 1 N–H and O–H groups in total. The maximum absolute atomic E-state index is 11.8. The summed E-state index contributed by atoms with van der Waals surface area (Å²) in [7, 11) is -3.09. The minimum absolute atomic E-state index is 0.335. The molecule has 0 radical (unpaired) electrons. The molecule has 0 bridgehead atoms. The molecule has 6 heteroatoms. The van der Waals surface area contributed by atoms with E-state index < -0.39 is 10.0 Å². The summed E-state index contributed by atoms with van der Waals surface area (Å²) >= 11 is 0. The van der Waals surface area contributed by atoms with Gasteiger partial charge in [-0.3, -0.25) is 4.98 Å². The first kappa shape index (κ1) is 17.3. The standard InChI is InChI=1S/C18H25N3O2S/c1-3-14-13-21(24(2,22)23)11-10-17(14)19-12-16-9-8-15-6-4-5-7-18(15)20-16/h4-9,14,17,19H,3,10-13H2,1-2H3/t14-,17+/m0/s1. The second-order valence-electron chi connectivity index (χ2n) is 6.56. The lowest BCUT2D eigenvalue weighted by atomic mass is 9.91. The highest BCUT2D eigenvalue weighted by atomic mass is 32.2. The summed E-state index contributed by atoms with van der Waals surface area (Å²) in [5.74, 6) is 0.342. The molecule has 2 atom stereocenters. The van der Waals surface area contributed by atoms with Crippen molar-refractivity contribution in [2.24, 2.45) is 5.92 Å². The zero-order valence-electron chi connectivity index (χ0n) is 14.3. The van der Waals surface area contributed by atoms with Crippen molar-refractivity contribution in [3.63, 3.8) is 0 Å². The number of hydrogen-bond acceptors (Lipinski definition) is 4. The maximum Gasteiger partial charge on any atom is 0.211 e. The number of piperidine rings is 1. The van der Waals surface area contributed by atoms with Gasteiger partial charge >= 0.3 is 0 Å². The number of aromatic nitrogens is 1. The Morgan fingerprint density at radius 1 is 1.25 bits per heavy atom. The SMILES string of the molecule is CC[C@H]1CN(S(C)(=O)=O)CC[C@H]1NCc1ccc2ccccc2n1. The average molecular weight is 347 g/mol. The lowest BCUT2D eigenvalue weighted by molar-refractivity contribution is 0.201. The topological polar surface area (TPSA) is 62.3 Å². The Kier molecular flexibility index (Phi) is 5.18. The fourth-order valence-electron chi connectivity index (χ4n) is 3.42. The molecule has 1 aromatic carbocycles. The van der Waals surface area contributed by atoms with E-state index in [2.05, 4.69) is 30.4 Å². The molecule has 130 valence electrons. The summed E-state index contributed by atoms with van der Waals surface area (Å²) in [6.07, 6.45) is 3.11. The molecule has 5 nitrogen and oxygen atoms in total. The molecule has 2 heterocycles. The molecule has 3 rings (SSSR count). The van der Waals surface area contributed by atoms with Gasteiger partial charge in [-0.15, -0.1) is 0 Å². The number of fused-ring (bicyclic) bond motifs is 1. The van der Waals surface area contributed by atoms with Crippen LogP contribution in [-0.2, 0) is 16.6 Å². The van der Waals surface area contributed by atoms with E-state index in [1.54, 1.807) is 4.31 Å². The van der Waals surface area contributed by atoms with Crippen LogP contribution >= 0.6 is 0 Å². The van der Waals surface area contributed by atoms with Gasteiger partial charge < -0.3 is 5.32 Å². The molecule has 0 saturated carbocycles. The lowest BCUT2D eigenvalue weighted by Crippen LogP contribution is -2.50. The van der Waals surface area contributed by atoms with Crippen LogP contribution in [0.3, 0.4) is 0 Å². The van der Waals surface area contributed by atoms with Gasteiger partial charge in [-0.1, -0.05) is 37.6 Å². The van der Waals surface area contributed by atoms with E-state index in [0.29, 0.717) is 31.6 Å². The third-order valence-corrected chi connectivity index (χ3v) is 6.16. The predicted molar refractivity (Wildman–Crippen MR) is 97.2 cm³/mol. The van der Waals surface area contributed by atoms with Crippen LogP contribution in [0.4, 0.5) is 0 Å². The quantitative estimate of drug-likeness (QED) is 0.902. The zero-order chi connectivity index (χ0) is 17.2. The highest BCUT2D eigenvalue weighted by Crippen LogP contribution is 2.22. The van der Waals surface area contributed by atoms with Crippen molar-refractivity contribution in [2.45, 2.75) is 32.4 Å². The van der Waals surface area contributed by atoms with Gasteiger partial charge in [0.25, 0.3) is 0 Å². The number of sulfonamides is 1. The Morgan fingerprint density at radius 3 is 2.79 bits per heavy atom. The van der Waals surface area contributed by atoms with Crippen LogP contribution in [0, 0.1) is 5.92 Å². The van der Waals surface area contributed by atoms with Gasteiger partial charge in [-0.25, -0.2) is 12.7 Å². The summed E-state index contributed by atoms with van der Waals surface area (Å²) in [6.45, 7) is 4.04. The molecule has 1 aromatic heterocycles. The van der Waals surface area contributed by atoms with E-state index in [4.69, 9.17) is 4.98 Å². The molecule has 0 spiro atoms. The van der Waals surface area contributed by atoms with Crippen molar-refractivity contribution in [1.29, 1.82) is 0 Å². The van der Waals surface area contributed by atoms with Gasteiger partial charge in [-0.05, 0) is 24.5 Å². The van der Waals surface area contributed by atoms with Gasteiger partial charge in [0, 0.05) is 31.1 Å². The van der Waals surface area contributed by atoms with Crippen molar-refractivity contribution >= 4 is 20.9 Å². The normalized spacial score (nSPS) is 22.8. The number of hydrogen-bond donors (Lipinski definition) is 1. The third-order valence-electron chi connectivity index (χ3n) is 4.89. The Hall–Kier alpha value is -1.50.